The molecule has 0 aromatic heterocycles. The van der Waals surface area contributed by atoms with Crippen LogP contribution < -0.4 is 0 Å². The van der Waals surface area contributed by atoms with Gasteiger partial charge in [-0.15, -0.1) is 0 Å². The Hall–Kier alpha value is -4.18. The minimum absolute atomic E-state index is 0.0228. The number of hydrogen-bond acceptors (Lipinski definition) is 4. The first-order chi connectivity index (χ1) is 16.0. The number of benzene rings is 2. The van der Waals surface area contributed by atoms with Crippen LogP contribution in [-0.2, 0) is 6.18 Å². The molecule has 3 aliphatic carbocycles. The molecule has 0 bridgehead atoms. The molecule has 4 nitrogen and oxygen atoms in total. The fourth-order valence-corrected chi connectivity index (χ4v) is 4.78. The fourth-order valence-electron chi connectivity index (χ4n) is 4.78. The summed E-state index contributed by atoms with van der Waals surface area (Å²) in [5.41, 5.74) is 0.798. The van der Waals surface area contributed by atoms with Gasteiger partial charge in [-0.05, 0) is 41.0 Å². The second kappa shape index (κ2) is 7.16. The van der Waals surface area contributed by atoms with Gasteiger partial charge in [-0.1, -0.05) is 24.3 Å². The van der Waals surface area contributed by atoms with Crippen LogP contribution in [0.2, 0.25) is 0 Å². The number of nitriles is 2. The Kier molecular flexibility index (Phi) is 4.56. The van der Waals surface area contributed by atoms with Gasteiger partial charge < -0.3 is 0 Å². The molecule has 0 aliphatic heterocycles. The molecule has 0 saturated heterocycles. The van der Waals surface area contributed by atoms with E-state index in [0.29, 0.717) is 27.8 Å². The van der Waals surface area contributed by atoms with Crippen LogP contribution in [0.25, 0.3) is 11.1 Å². The molecule has 168 valence electrons. The van der Waals surface area contributed by atoms with E-state index in [1.165, 1.54) is 18.2 Å². The first kappa shape index (κ1) is 21.7. The van der Waals surface area contributed by atoms with Crippen LogP contribution in [0.1, 0.15) is 33.7 Å². The zero-order valence-electron chi connectivity index (χ0n) is 16.8. The molecule has 34 heavy (non-hydrogen) atoms. The van der Waals surface area contributed by atoms with Gasteiger partial charge in [-0.25, -0.2) is 0 Å². The Balaban J connectivity index is 1.72. The number of nitrogens with zero attached hydrogens (tertiary/aromatic N) is 4. The number of rotatable bonds is 0. The molecule has 0 amide bonds. The summed E-state index contributed by atoms with van der Waals surface area (Å²) in [6.45, 7) is 0. The van der Waals surface area contributed by atoms with E-state index >= 15 is 0 Å². The quantitative estimate of drug-likeness (QED) is 0.298. The van der Waals surface area contributed by atoms with Crippen molar-refractivity contribution in [1.29, 1.82) is 10.5 Å². The van der Waals surface area contributed by atoms with Gasteiger partial charge in [0.25, 0.3) is 0 Å². The first-order valence-electron chi connectivity index (χ1n) is 9.86. The van der Waals surface area contributed by atoms with Crippen molar-refractivity contribution in [1.82, 2.24) is 0 Å². The minimum atomic E-state index is -4.60. The predicted octanol–water partition coefficient (Wildman–Crippen LogP) is 6.05. The maximum atomic E-state index is 13.3. The van der Waals surface area contributed by atoms with Gasteiger partial charge >= 0.3 is 12.4 Å². The average Bonchev–Trinajstić information content (AvgIpc) is 3.24. The third-order valence-corrected chi connectivity index (χ3v) is 6.18. The van der Waals surface area contributed by atoms with Crippen LogP contribution in [-0.4, -0.2) is 17.6 Å². The zero-order chi connectivity index (χ0) is 24.4. The molecule has 0 heterocycles. The molecule has 3 aliphatic rings. The average molecular weight is 468 g/mol. The summed E-state index contributed by atoms with van der Waals surface area (Å²) in [5, 5.41) is 18.3. The highest BCUT2D eigenvalue weighted by molar-refractivity contribution is 6.26. The lowest BCUT2D eigenvalue weighted by Gasteiger charge is -2.21. The number of hydrogen-bond donors (Lipinski definition) is 0. The summed E-state index contributed by atoms with van der Waals surface area (Å²) >= 11 is 0. The van der Waals surface area contributed by atoms with Gasteiger partial charge in [0, 0.05) is 28.5 Å². The van der Waals surface area contributed by atoms with Crippen molar-refractivity contribution in [2.75, 3.05) is 0 Å². The molecule has 0 spiro atoms. The van der Waals surface area contributed by atoms with E-state index in [-0.39, 0.29) is 17.0 Å². The third-order valence-electron chi connectivity index (χ3n) is 6.18. The molecule has 0 N–H and O–H groups in total. The second-order valence-corrected chi connectivity index (χ2v) is 7.93. The highest BCUT2D eigenvalue weighted by Crippen LogP contribution is 2.49. The van der Waals surface area contributed by atoms with Crippen LogP contribution in [0.4, 0.5) is 26.3 Å². The van der Waals surface area contributed by atoms with Crippen LogP contribution in [0, 0.1) is 28.8 Å². The summed E-state index contributed by atoms with van der Waals surface area (Å²) in [6, 6.07) is 6.35. The summed E-state index contributed by atoms with van der Waals surface area (Å²) in [7, 11) is 0. The molecular formula is C24H10F6N4. The largest absolute Gasteiger partial charge is 0.416 e. The molecule has 2 unspecified atom stereocenters. The zero-order valence-corrected chi connectivity index (χ0v) is 16.8. The number of fused-ring (bicyclic) bond motifs is 6. The van der Waals surface area contributed by atoms with E-state index in [4.69, 9.17) is 5.26 Å². The smallest absolute Gasteiger partial charge is 0.177 e. The van der Waals surface area contributed by atoms with Crippen LogP contribution >= 0.6 is 0 Å². The van der Waals surface area contributed by atoms with Crippen LogP contribution in [0.15, 0.2) is 64.1 Å². The topological polar surface area (TPSA) is 72.3 Å². The standard InChI is InChI=1S/C24H10F6N4/c25-23(26,27)11-1-3-13-15-7-16-14-4-2-12(24(28,29)30)6-18(14)22(34-10-32)20(16)8-19(15)21(33-9-31)17(13)5-11/h1-8,13,17H. The lowest BCUT2D eigenvalue weighted by molar-refractivity contribution is -0.137. The summed E-state index contributed by atoms with van der Waals surface area (Å²) in [6.07, 6.45) is -2.54. The minimum Gasteiger partial charge on any atom is -0.177 e. The van der Waals surface area contributed by atoms with E-state index in [2.05, 4.69) is 9.98 Å². The summed E-state index contributed by atoms with van der Waals surface area (Å²) < 4.78 is 79.7. The fraction of sp³-hybridized carbons (Fsp3) is 0.167. The second-order valence-electron chi connectivity index (χ2n) is 7.93. The molecule has 2 atom stereocenters. The van der Waals surface area contributed by atoms with Gasteiger partial charge in [0.05, 0.1) is 22.6 Å². The van der Waals surface area contributed by atoms with E-state index in [1.807, 2.05) is 0 Å². The molecule has 0 saturated carbocycles. The predicted molar refractivity (Wildman–Crippen MR) is 110 cm³/mol. The molecule has 2 aromatic rings. The number of halogens is 6. The lowest BCUT2D eigenvalue weighted by atomic mass is 9.85. The van der Waals surface area contributed by atoms with Crippen LogP contribution in [0.5, 0.6) is 0 Å². The lowest BCUT2D eigenvalue weighted by Crippen LogP contribution is -2.19. The van der Waals surface area contributed by atoms with E-state index in [1.54, 1.807) is 18.5 Å². The number of alkyl halides is 6. The SMILES string of the molecule is N#CN=C1c2cc(C(F)(F)F)ccc2-c2cc3c(cc21)C(=NC#N)C1C=C(C(F)(F)F)C=CC31. The van der Waals surface area contributed by atoms with Crippen LogP contribution in [0.3, 0.4) is 0 Å². The van der Waals surface area contributed by atoms with E-state index < -0.39 is 35.3 Å². The molecule has 5 rings (SSSR count). The maximum Gasteiger partial charge on any atom is 0.416 e. The summed E-state index contributed by atoms with van der Waals surface area (Å²) in [4.78, 5) is 7.52. The molecule has 10 heteroatoms. The first-order valence-corrected chi connectivity index (χ1v) is 9.86. The van der Waals surface area contributed by atoms with Crippen molar-refractivity contribution in [3.05, 3.63) is 82.0 Å². The van der Waals surface area contributed by atoms with Gasteiger partial charge in [0.1, 0.15) is 0 Å². The molecule has 0 radical (unpaired) electrons. The Morgan fingerprint density at radius 3 is 2.09 bits per heavy atom. The highest BCUT2D eigenvalue weighted by atomic mass is 19.4. The van der Waals surface area contributed by atoms with E-state index in [9.17, 15) is 31.6 Å². The number of aliphatic imine (C=N–C) groups is 2. The van der Waals surface area contributed by atoms with Gasteiger partial charge in [-0.2, -0.15) is 46.9 Å². The third kappa shape index (κ3) is 3.14. The highest BCUT2D eigenvalue weighted by Gasteiger charge is 2.43. The van der Waals surface area contributed by atoms with Crippen molar-refractivity contribution in [3.63, 3.8) is 0 Å². The van der Waals surface area contributed by atoms with Gasteiger partial charge in [0.15, 0.2) is 0 Å². The maximum absolute atomic E-state index is 13.3. The van der Waals surface area contributed by atoms with Crippen molar-refractivity contribution in [2.24, 2.45) is 15.9 Å². The number of allylic oxidation sites excluding steroid dienone is 4. The molecule has 0 fully saturated rings. The van der Waals surface area contributed by atoms with Crippen molar-refractivity contribution in [2.45, 2.75) is 18.3 Å². The monoisotopic (exact) mass is 468 g/mol. The normalized spacial score (nSPS) is 22.5. The molecule has 2 aromatic carbocycles. The Labute approximate surface area is 188 Å². The Morgan fingerprint density at radius 2 is 1.44 bits per heavy atom. The van der Waals surface area contributed by atoms with Gasteiger partial charge in [0.2, 0.25) is 12.4 Å². The molecular weight excluding hydrogens is 458 g/mol. The van der Waals surface area contributed by atoms with Gasteiger partial charge in [-0.3, -0.25) is 0 Å². The van der Waals surface area contributed by atoms with Crippen molar-refractivity contribution >= 4 is 11.4 Å². The van der Waals surface area contributed by atoms with E-state index in [0.717, 1.165) is 24.3 Å². The summed E-state index contributed by atoms with van der Waals surface area (Å²) in [5.74, 6) is -1.37. The van der Waals surface area contributed by atoms with Crippen molar-refractivity contribution < 1.29 is 26.3 Å². The Morgan fingerprint density at radius 1 is 0.735 bits per heavy atom. The Bertz CT molecular complexity index is 1460. The van der Waals surface area contributed by atoms with Crippen molar-refractivity contribution in [3.8, 4) is 23.5 Å².